The van der Waals surface area contributed by atoms with E-state index >= 15 is 0 Å². The molecule has 0 bridgehead atoms. The molecule has 28 heavy (non-hydrogen) atoms. The van der Waals surface area contributed by atoms with Gasteiger partial charge in [-0.2, -0.15) is 0 Å². The van der Waals surface area contributed by atoms with Crippen molar-refractivity contribution in [1.82, 2.24) is 0 Å². The molecule has 3 nitrogen and oxygen atoms in total. The molecule has 0 aliphatic heterocycles. The van der Waals surface area contributed by atoms with Gasteiger partial charge in [0, 0.05) is 39.2 Å². The summed E-state index contributed by atoms with van der Waals surface area (Å²) in [6.45, 7) is 6.10. The van der Waals surface area contributed by atoms with E-state index in [1.807, 2.05) is 67.6 Å². The highest BCUT2D eigenvalue weighted by Crippen LogP contribution is 2.31. The molecule has 2 aromatic heterocycles. The van der Waals surface area contributed by atoms with Gasteiger partial charge in [0.15, 0.2) is 0 Å². The lowest BCUT2D eigenvalue weighted by atomic mass is 10.1. The monoisotopic (exact) mass is 365 g/mol. The lowest BCUT2D eigenvalue weighted by molar-refractivity contribution is 0.577. The second-order valence-corrected chi connectivity index (χ2v) is 6.86. The minimum Gasteiger partial charge on any atom is -0.461 e. The van der Waals surface area contributed by atoms with Crippen LogP contribution >= 0.6 is 0 Å². The van der Waals surface area contributed by atoms with Crippen LogP contribution in [0.2, 0.25) is 0 Å². The first-order valence-corrected chi connectivity index (χ1v) is 9.22. The van der Waals surface area contributed by atoms with Crippen LogP contribution in [0.4, 0.5) is 5.69 Å². The zero-order chi connectivity index (χ0) is 19.1. The van der Waals surface area contributed by atoms with Crippen LogP contribution in [-0.4, -0.2) is 0 Å². The molecule has 0 unspecified atom stereocenters. The third-order valence-corrected chi connectivity index (χ3v) is 4.95. The average molecular weight is 365 g/mol. The molecule has 0 saturated heterocycles. The largest absolute Gasteiger partial charge is 0.461 e. The normalized spacial score (nSPS) is 11.8. The summed E-state index contributed by atoms with van der Waals surface area (Å²) in [6.07, 6.45) is 4.00. The summed E-state index contributed by atoms with van der Waals surface area (Å²) in [4.78, 5) is 0. The Morgan fingerprint density at radius 1 is 0.821 bits per heavy atom. The number of hydrogen-bond acceptors (Lipinski definition) is 3. The Hall–Kier alpha value is -3.72. The fourth-order valence-corrected chi connectivity index (χ4v) is 3.61. The van der Waals surface area contributed by atoms with E-state index in [1.54, 1.807) is 0 Å². The summed E-state index contributed by atoms with van der Waals surface area (Å²) in [6, 6.07) is 22.2. The van der Waals surface area contributed by atoms with Crippen molar-refractivity contribution in [1.29, 1.82) is 0 Å². The van der Waals surface area contributed by atoms with E-state index in [4.69, 9.17) is 8.83 Å². The maximum atomic E-state index is 5.96. The molecule has 136 valence electrons. The standard InChI is InChI=1S/C25H19NO2/c1-16(11-13-19-17(2)27-23-9-5-3-7-20(19)23)26-18-12-14-22-21-8-4-6-10-24(21)28-25(22)15-18/h3-15,26H,1H2,2H3/b13-11-. The molecule has 0 amide bonds. The first-order valence-electron chi connectivity index (χ1n) is 9.22. The van der Waals surface area contributed by atoms with Crippen LogP contribution in [0.25, 0.3) is 39.0 Å². The van der Waals surface area contributed by atoms with Crippen molar-refractivity contribution in [3.8, 4) is 0 Å². The average Bonchev–Trinajstić information content (AvgIpc) is 3.22. The second kappa shape index (κ2) is 6.46. The topological polar surface area (TPSA) is 38.3 Å². The van der Waals surface area contributed by atoms with Gasteiger partial charge in [-0.05, 0) is 43.3 Å². The molecule has 0 aliphatic carbocycles. The van der Waals surface area contributed by atoms with E-state index in [0.717, 1.165) is 55.6 Å². The van der Waals surface area contributed by atoms with Crippen LogP contribution in [0.5, 0.6) is 0 Å². The SMILES string of the molecule is C=C(/C=C\c1c(C)oc2ccccc12)Nc1ccc2c(c1)oc1ccccc12. The summed E-state index contributed by atoms with van der Waals surface area (Å²) in [5, 5.41) is 6.68. The number of benzene rings is 3. The number of aryl methyl sites for hydroxylation is 1. The fourth-order valence-electron chi connectivity index (χ4n) is 3.61. The van der Waals surface area contributed by atoms with Crippen molar-refractivity contribution in [2.24, 2.45) is 0 Å². The first kappa shape index (κ1) is 16.5. The van der Waals surface area contributed by atoms with Gasteiger partial charge >= 0.3 is 0 Å². The summed E-state index contributed by atoms with van der Waals surface area (Å²) in [5.74, 6) is 0.897. The van der Waals surface area contributed by atoms with Crippen LogP contribution in [0.1, 0.15) is 11.3 Å². The molecule has 0 radical (unpaired) electrons. The number of nitrogens with one attached hydrogen (secondary N) is 1. The summed E-state index contributed by atoms with van der Waals surface area (Å²) < 4.78 is 11.8. The van der Waals surface area contributed by atoms with Gasteiger partial charge in [-0.15, -0.1) is 0 Å². The van der Waals surface area contributed by atoms with Crippen LogP contribution in [0.3, 0.4) is 0 Å². The van der Waals surface area contributed by atoms with E-state index in [1.165, 1.54) is 0 Å². The smallest absolute Gasteiger partial charge is 0.137 e. The van der Waals surface area contributed by atoms with Gasteiger partial charge in [-0.1, -0.05) is 43.0 Å². The Balaban J connectivity index is 1.41. The van der Waals surface area contributed by atoms with E-state index in [-0.39, 0.29) is 0 Å². The van der Waals surface area contributed by atoms with E-state index in [0.29, 0.717) is 0 Å². The molecule has 1 N–H and O–H groups in total. The number of furan rings is 2. The Morgan fingerprint density at radius 3 is 2.32 bits per heavy atom. The molecule has 3 heteroatoms. The molecule has 0 fully saturated rings. The van der Waals surface area contributed by atoms with Crippen molar-refractivity contribution in [3.63, 3.8) is 0 Å². The van der Waals surface area contributed by atoms with E-state index < -0.39 is 0 Å². The lowest BCUT2D eigenvalue weighted by Crippen LogP contribution is -1.94. The minimum atomic E-state index is 0.792. The zero-order valence-electron chi connectivity index (χ0n) is 15.5. The maximum Gasteiger partial charge on any atom is 0.137 e. The summed E-state index contributed by atoms with van der Waals surface area (Å²) in [5.41, 5.74) is 5.46. The van der Waals surface area contributed by atoms with Crippen molar-refractivity contribution < 1.29 is 8.83 Å². The maximum absolute atomic E-state index is 5.96. The van der Waals surface area contributed by atoms with Crippen LogP contribution in [0, 0.1) is 6.92 Å². The molecule has 0 saturated carbocycles. The Bertz CT molecular complexity index is 1370. The molecule has 2 heterocycles. The van der Waals surface area contributed by atoms with E-state index in [2.05, 4.69) is 30.1 Å². The third-order valence-electron chi connectivity index (χ3n) is 4.95. The number of para-hydroxylation sites is 2. The van der Waals surface area contributed by atoms with Gasteiger partial charge in [0.25, 0.3) is 0 Å². The third kappa shape index (κ3) is 2.78. The first-order chi connectivity index (χ1) is 13.7. The number of fused-ring (bicyclic) bond motifs is 4. The summed E-state index contributed by atoms with van der Waals surface area (Å²) >= 11 is 0. The quantitative estimate of drug-likeness (QED) is 0.340. The van der Waals surface area contributed by atoms with Crippen LogP contribution in [-0.2, 0) is 0 Å². The Morgan fingerprint density at radius 2 is 1.50 bits per heavy atom. The van der Waals surface area contributed by atoms with Crippen molar-refractivity contribution >= 4 is 44.7 Å². The van der Waals surface area contributed by atoms with Gasteiger partial charge in [-0.3, -0.25) is 0 Å². The molecular weight excluding hydrogens is 346 g/mol. The fraction of sp³-hybridized carbons (Fsp3) is 0.0400. The highest BCUT2D eigenvalue weighted by Gasteiger charge is 2.08. The zero-order valence-corrected chi connectivity index (χ0v) is 15.5. The van der Waals surface area contributed by atoms with Crippen LogP contribution < -0.4 is 5.32 Å². The molecule has 0 aliphatic rings. The number of hydrogen-bond donors (Lipinski definition) is 1. The van der Waals surface area contributed by atoms with Crippen LogP contribution in [0.15, 0.2) is 93.9 Å². The molecular formula is C25H19NO2. The molecule has 5 rings (SSSR count). The van der Waals surface area contributed by atoms with Gasteiger partial charge < -0.3 is 14.2 Å². The predicted molar refractivity (Wildman–Crippen MR) is 116 cm³/mol. The Labute approximate surface area is 162 Å². The van der Waals surface area contributed by atoms with Crippen molar-refractivity contribution in [2.75, 3.05) is 5.32 Å². The van der Waals surface area contributed by atoms with Gasteiger partial charge in [0.2, 0.25) is 0 Å². The Kier molecular flexibility index (Phi) is 3.80. The molecule has 0 spiro atoms. The van der Waals surface area contributed by atoms with E-state index in [9.17, 15) is 0 Å². The highest BCUT2D eigenvalue weighted by molar-refractivity contribution is 6.05. The van der Waals surface area contributed by atoms with Gasteiger partial charge in [-0.25, -0.2) is 0 Å². The molecule has 3 aromatic carbocycles. The van der Waals surface area contributed by atoms with Gasteiger partial charge in [0.05, 0.1) is 0 Å². The lowest BCUT2D eigenvalue weighted by Gasteiger charge is -2.05. The number of allylic oxidation sites excluding steroid dienone is 1. The summed E-state index contributed by atoms with van der Waals surface area (Å²) in [7, 11) is 0. The van der Waals surface area contributed by atoms with Gasteiger partial charge in [0.1, 0.15) is 22.5 Å². The molecule has 5 aromatic rings. The number of rotatable bonds is 4. The molecule has 0 atom stereocenters. The number of anilines is 1. The minimum absolute atomic E-state index is 0.792. The second-order valence-electron chi connectivity index (χ2n) is 6.86. The van der Waals surface area contributed by atoms with Crippen molar-refractivity contribution in [2.45, 2.75) is 6.92 Å². The highest BCUT2D eigenvalue weighted by atomic mass is 16.3. The van der Waals surface area contributed by atoms with Crippen molar-refractivity contribution in [3.05, 3.63) is 96.4 Å². The predicted octanol–water partition coefficient (Wildman–Crippen LogP) is 7.28.